The van der Waals surface area contributed by atoms with Gasteiger partial charge in [-0.15, -0.1) is 0 Å². The quantitative estimate of drug-likeness (QED) is 0.856. The van der Waals surface area contributed by atoms with Crippen LogP contribution in [0.15, 0.2) is 30.3 Å². The van der Waals surface area contributed by atoms with Crippen LogP contribution in [0.1, 0.15) is 16.7 Å². The first-order valence-corrected chi connectivity index (χ1v) is 5.91. The highest BCUT2D eigenvalue weighted by atomic mass is 19.2. The summed E-state index contributed by atoms with van der Waals surface area (Å²) >= 11 is 0. The number of nitrogen functional groups attached to an aromatic ring is 1. The molecule has 4 heteroatoms. The number of anilines is 1. The van der Waals surface area contributed by atoms with Crippen LogP contribution in [0, 0.1) is 25.5 Å². The van der Waals surface area contributed by atoms with E-state index in [-0.39, 0.29) is 6.61 Å². The van der Waals surface area contributed by atoms with Gasteiger partial charge in [0.05, 0.1) is 0 Å². The molecule has 2 aromatic carbocycles. The number of hydrogen-bond donors (Lipinski definition) is 1. The summed E-state index contributed by atoms with van der Waals surface area (Å²) in [6, 6.07) is 7.36. The molecule has 0 unspecified atom stereocenters. The minimum atomic E-state index is -0.870. The summed E-state index contributed by atoms with van der Waals surface area (Å²) in [4.78, 5) is 0. The third-order valence-corrected chi connectivity index (χ3v) is 2.96. The molecule has 0 heterocycles. The van der Waals surface area contributed by atoms with Crippen molar-refractivity contribution in [3.63, 3.8) is 0 Å². The lowest BCUT2D eigenvalue weighted by molar-refractivity contribution is 0.304. The summed E-state index contributed by atoms with van der Waals surface area (Å²) in [7, 11) is 0. The van der Waals surface area contributed by atoms with E-state index in [0.29, 0.717) is 11.3 Å². The molecular formula is C15H15F2NO. The number of hydrogen-bond acceptors (Lipinski definition) is 2. The number of nitrogens with two attached hydrogens (primary N) is 1. The standard InChI is InChI=1S/C15H15F2NO/c1-9-5-12(6-10(2)15(9)18)19-8-11-3-4-13(16)14(17)7-11/h3-7H,8,18H2,1-2H3. The van der Waals surface area contributed by atoms with Gasteiger partial charge in [0.2, 0.25) is 0 Å². The van der Waals surface area contributed by atoms with Crippen LogP contribution in [0.5, 0.6) is 5.75 Å². The Bertz CT molecular complexity index is 588. The number of ether oxygens (including phenoxy) is 1. The van der Waals surface area contributed by atoms with Crippen molar-refractivity contribution in [3.8, 4) is 5.75 Å². The largest absolute Gasteiger partial charge is 0.489 e. The lowest BCUT2D eigenvalue weighted by atomic mass is 10.1. The zero-order chi connectivity index (χ0) is 14.0. The third-order valence-electron chi connectivity index (χ3n) is 2.96. The van der Waals surface area contributed by atoms with Crippen molar-refractivity contribution in [2.75, 3.05) is 5.73 Å². The molecular weight excluding hydrogens is 248 g/mol. The van der Waals surface area contributed by atoms with E-state index in [1.54, 1.807) is 0 Å². The van der Waals surface area contributed by atoms with Crippen molar-refractivity contribution >= 4 is 5.69 Å². The van der Waals surface area contributed by atoms with E-state index in [1.165, 1.54) is 6.07 Å². The SMILES string of the molecule is Cc1cc(OCc2ccc(F)c(F)c2)cc(C)c1N. The van der Waals surface area contributed by atoms with Gasteiger partial charge < -0.3 is 10.5 Å². The minimum absolute atomic E-state index is 0.181. The topological polar surface area (TPSA) is 35.2 Å². The second-order valence-electron chi connectivity index (χ2n) is 4.51. The maximum atomic E-state index is 13.0. The molecule has 19 heavy (non-hydrogen) atoms. The van der Waals surface area contributed by atoms with Crippen LogP contribution in [0.3, 0.4) is 0 Å². The lowest BCUT2D eigenvalue weighted by Crippen LogP contribution is -1.99. The van der Waals surface area contributed by atoms with Crippen LogP contribution < -0.4 is 10.5 Å². The van der Waals surface area contributed by atoms with Crippen LogP contribution in [-0.2, 0) is 6.61 Å². The summed E-state index contributed by atoms with van der Waals surface area (Å²) < 4.78 is 31.4. The molecule has 0 aromatic heterocycles. The van der Waals surface area contributed by atoms with Crippen molar-refractivity contribution in [3.05, 3.63) is 58.7 Å². The van der Waals surface area contributed by atoms with Gasteiger partial charge in [0, 0.05) is 5.69 Å². The Labute approximate surface area is 110 Å². The molecule has 0 fully saturated rings. The highest BCUT2D eigenvalue weighted by Crippen LogP contribution is 2.24. The summed E-state index contributed by atoms with van der Waals surface area (Å²) in [6.07, 6.45) is 0. The van der Waals surface area contributed by atoms with Gasteiger partial charge in [0.25, 0.3) is 0 Å². The number of benzene rings is 2. The Morgan fingerprint density at radius 1 is 1.00 bits per heavy atom. The summed E-state index contributed by atoms with van der Waals surface area (Å²) in [5, 5.41) is 0. The molecule has 0 aliphatic rings. The fourth-order valence-electron chi connectivity index (χ4n) is 1.81. The first kappa shape index (κ1) is 13.3. The fraction of sp³-hybridized carbons (Fsp3) is 0.200. The molecule has 0 aliphatic carbocycles. The van der Waals surface area contributed by atoms with Crippen LogP contribution in [-0.4, -0.2) is 0 Å². The molecule has 2 N–H and O–H groups in total. The predicted molar refractivity (Wildman–Crippen MR) is 71.0 cm³/mol. The molecule has 0 spiro atoms. The first-order chi connectivity index (χ1) is 8.97. The van der Waals surface area contributed by atoms with Crippen LogP contribution in [0.25, 0.3) is 0 Å². The van der Waals surface area contributed by atoms with Gasteiger partial charge in [-0.3, -0.25) is 0 Å². The normalized spacial score (nSPS) is 10.5. The van der Waals surface area contributed by atoms with Gasteiger partial charge in [-0.25, -0.2) is 8.78 Å². The van der Waals surface area contributed by atoms with E-state index >= 15 is 0 Å². The van der Waals surface area contributed by atoms with Crippen LogP contribution in [0.4, 0.5) is 14.5 Å². The molecule has 2 aromatic rings. The Balaban J connectivity index is 2.12. The average molecular weight is 263 g/mol. The van der Waals surface area contributed by atoms with Crippen LogP contribution >= 0.6 is 0 Å². The number of halogens is 2. The highest BCUT2D eigenvalue weighted by Gasteiger charge is 2.05. The average Bonchev–Trinajstić information content (AvgIpc) is 2.37. The van der Waals surface area contributed by atoms with E-state index in [1.807, 2.05) is 26.0 Å². The molecule has 0 aliphatic heterocycles. The second-order valence-corrected chi connectivity index (χ2v) is 4.51. The molecule has 0 atom stereocenters. The Kier molecular flexibility index (Phi) is 3.69. The predicted octanol–water partition coefficient (Wildman–Crippen LogP) is 3.74. The minimum Gasteiger partial charge on any atom is -0.489 e. The van der Waals surface area contributed by atoms with E-state index in [4.69, 9.17) is 10.5 Å². The van der Waals surface area contributed by atoms with E-state index in [9.17, 15) is 8.78 Å². The molecule has 0 radical (unpaired) electrons. The Morgan fingerprint density at radius 3 is 2.21 bits per heavy atom. The van der Waals surface area contributed by atoms with Gasteiger partial charge in [-0.2, -0.15) is 0 Å². The van der Waals surface area contributed by atoms with E-state index < -0.39 is 11.6 Å². The Morgan fingerprint density at radius 2 is 1.63 bits per heavy atom. The van der Waals surface area contributed by atoms with Crippen molar-refractivity contribution in [2.24, 2.45) is 0 Å². The monoisotopic (exact) mass is 263 g/mol. The zero-order valence-electron chi connectivity index (χ0n) is 10.8. The molecule has 0 amide bonds. The molecule has 0 bridgehead atoms. The van der Waals surface area contributed by atoms with Gasteiger partial charge >= 0.3 is 0 Å². The van der Waals surface area contributed by atoms with Crippen LogP contribution in [0.2, 0.25) is 0 Å². The molecule has 0 saturated carbocycles. The third kappa shape index (κ3) is 3.02. The molecule has 0 saturated heterocycles. The molecule has 2 nitrogen and oxygen atoms in total. The lowest BCUT2D eigenvalue weighted by Gasteiger charge is -2.11. The molecule has 100 valence electrons. The van der Waals surface area contributed by atoms with Gasteiger partial charge in [-0.05, 0) is 54.8 Å². The highest BCUT2D eigenvalue weighted by molar-refractivity contribution is 5.56. The first-order valence-electron chi connectivity index (χ1n) is 5.91. The Hall–Kier alpha value is -2.10. The smallest absolute Gasteiger partial charge is 0.159 e. The molecule has 2 rings (SSSR count). The summed E-state index contributed by atoms with van der Waals surface area (Å²) in [5.41, 5.74) is 9.02. The summed E-state index contributed by atoms with van der Waals surface area (Å²) in [5.74, 6) is -1.07. The van der Waals surface area contributed by atoms with Gasteiger partial charge in [0.1, 0.15) is 12.4 Å². The van der Waals surface area contributed by atoms with Gasteiger partial charge in [0.15, 0.2) is 11.6 Å². The maximum Gasteiger partial charge on any atom is 0.159 e. The van der Waals surface area contributed by atoms with Crippen molar-refractivity contribution in [2.45, 2.75) is 20.5 Å². The van der Waals surface area contributed by atoms with E-state index in [2.05, 4.69) is 0 Å². The number of aryl methyl sites for hydroxylation is 2. The van der Waals surface area contributed by atoms with Crippen molar-refractivity contribution in [1.29, 1.82) is 0 Å². The second kappa shape index (κ2) is 5.26. The summed E-state index contributed by atoms with van der Waals surface area (Å²) in [6.45, 7) is 3.97. The van der Waals surface area contributed by atoms with Crippen molar-refractivity contribution in [1.82, 2.24) is 0 Å². The number of rotatable bonds is 3. The van der Waals surface area contributed by atoms with Crippen molar-refractivity contribution < 1.29 is 13.5 Å². The fourth-order valence-corrected chi connectivity index (χ4v) is 1.81. The van der Waals surface area contributed by atoms with E-state index in [0.717, 1.165) is 28.9 Å². The van der Waals surface area contributed by atoms with Gasteiger partial charge in [-0.1, -0.05) is 6.07 Å². The maximum absolute atomic E-state index is 13.0. The zero-order valence-corrected chi connectivity index (χ0v) is 10.8.